The molecule has 1 heterocycles. The lowest BCUT2D eigenvalue weighted by atomic mass is 10.1. The van der Waals surface area contributed by atoms with Gasteiger partial charge in [-0.1, -0.05) is 48.2 Å². The van der Waals surface area contributed by atoms with Crippen molar-refractivity contribution in [3.63, 3.8) is 0 Å². The van der Waals surface area contributed by atoms with E-state index in [4.69, 9.17) is 0 Å². The first-order chi connectivity index (χ1) is 8.33. The Labute approximate surface area is 103 Å². The smallest absolute Gasteiger partial charge is 0.236 e. The molecule has 0 radical (unpaired) electrons. The van der Waals surface area contributed by atoms with Crippen molar-refractivity contribution in [2.45, 2.75) is 0 Å². The van der Waals surface area contributed by atoms with Crippen LogP contribution in [0, 0.1) is 0 Å². The molecule has 1 aliphatic rings. The van der Waals surface area contributed by atoms with Gasteiger partial charge >= 0.3 is 0 Å². The summed E-state index contributed by atoms with van der Waals surface area (Å²) in [6.45, 7) is 0. The Morgan fingerprint density at radius 2 is 1.94 bits per heavy atom. The van der Waals surface area contributed by atoms with Gasteiger partial charge in [0, 0.05) is 5.39 Å². The highest BCUT2D eigenvalue weighted by Crippen LogP contribution is 2.27. The Kier molecular flexibility index (Phi) is 2.57. The lowest BCUT2D eigenvalue weighted by Gasteiger charge is -2.02. The third-order valence-electron chi connectivity index (χ3n) is 2.57. The molecular weight excluding hydrogens is 232 g/mol. The van der Waals surface area contributed by atoms with E-state index in [1.807, 2.05) is 30.3 Å². The highest BCUT2D eigenvalue weighted by Gasteiger charge is 2.16. The Morgan fingerprint density at radius 3 is 2.76 bits per heavy atom. The second-order valence-electron chi connectivity index (χ2n) is 3.75. The van der Waals surface area contributed by atoms with Gasteiger partial charge < -0.3 is 5.32 Å². The first kappa shape index (κ1) is 10.4. The number of thioether (sulfide) groups is 1. The standard InChI is InChI=1S/C13H10N2OS/c16-12-8-17-13(15-12)14-11-7-3-5-9-4-1-2-6-10(9)11/h1-7H,8H2,(H,14,15,16). The predicted molar refractivity (Wildman–Crippen MR) is 71.6 cm³/mol. The molecule has 0 aliphatic carbocycles. The monoisotopic (exact) mass is 242 g/mol. The van der Waals surface area contributed by atoms with Crippen LogP contribution in [0.3, 0.4) is 0 Å². The van der Waals surface area contributed by atoms with E-state index in [0.29, 0.717) is 10.9 Å². The number of nitrogens with zero attached hydrogens (tertiary/aromatic N) is 1. The van der Waals surface area contributed by atoms with Crippen molar-refractivity contribution in [2.24, 2.45) is 4.99 Å². The number of hydrogen-bond donors (Lipinski definition) is 1. The Hall–Kier alpha value is -1.81. The summed E-state index contributed by atoms with van der Waals surface area (Å²) in [6.07, 6.45) is 0. The van der Waals surface area contributed by atoms with Gasteiger partial charge in [-0.15, -0.1) is 0 Å². The quantitative estimate of drug-likeness (QED) is 0.835. The first-order valence-corrected chi connectivity index (χ1v) is 6.30. The van der Waals surface area contributed by atoms with Crippen molar-refractivity contribution in [1.82, 2.24) is 5.32 Å². The summed E-state index contributed by atoms with van der Waals surface area (Å²) >= 11 is 1.44. The van der Waals surface area contributed by atoms with Gasteiger partial charge in [0.25, 0.3) is 0 Å². The Balaban J connectivity index is 2.09. The summed E-state index contributed by atoms with van der Waals surface area (Å²) < 4.78 is 0. The summed E-state index contributed by atoms with van der Waals surface area (Å²) in [7, 11) is 0. The van der Waals surface area contributed by atoms with Gasteiger partial charge in [-0.3, -0.25) is 4.79 Å². The molecule has 1 saturated heterocycles. The molecule has 17 heavy (non-hydrogen) atoms. The van der Waals surface area contributed by atoms with Gasteiger partial charge in [0.15, 0.2) is 5.17 Å². The van der Waals surface area contributed by atoms with E-state index >= 15 is 0 Å². The zero-order valence-corrected chi connectivity index (χ0v) is 9.83. The molecule has 2 aromatic rings. The molecule has 0 spiro atoms. The zero-order valence-electron chi connectivity index (χ0n) is 9.01. The largest absolute Gasteiger partial charge is 0.304 e. The van der Waals surface area contributed by atoms with E-state index in [9.17, 15) is 4.79 Å². The van der Waals surface area contributed by atoms with E-state index in [1.165, 1.54) is 11.8 Å². The lowest BCUT2D eigenvalue weighted by Crippen LogP contribution is -2.19. The van der Waals surface area contributed by atoms with Crippen LogP contribution in [0.15, 0.2) is 47.5 Å². The third-order valence-corrected chi connectivity index (χ3v) is 3.45. The fourth-order valence-corrected chi connectivity index (χ4v) is 2.49. The summed E-state index contributed by atoms with van der Waals surface area (Å²) in [5, 5.41) is 5.68. The molecule has 2 aromatic carbocycles. The second-order valence-corrected chi connectivity index (χ2v) is 4.72. The summed E-state index contributed by atoms with van der Waals surface area (Å²) in [6, 6.07) is 14.1. The molecule has 0 unspecified atom stereocenters. The normalized spacial score (nSPS) is 17.6. The van der Waals surface area contributed by atoms with Crippen molar-refractivity contribution in [1.29, 1.82) is 0 Å². The topological polar surface area (TPSA) is 41.5 Å². The molecular formula is C13H10N2OS. The van der Waals surface area contributed by atoms with Crippen molar-refractivity contribution >= 4 is 39.3 Å². The molecule has 3 nitrogen and oxygen atoms in total. The molecule has 4 heteroatoms. The van der Waals surface area contributed by atoms with Crippen LogP contribution in [0.1, 0.15) is 0 Å². The third kappa shape index (κ3) is 2.03. The van der Waals surface area contributed by atoms with Gasteiger partial charge in [0.05, 0.1) is 11.4 Å². The number of nitrogens with one attached hydrogen (secondary N) is 1. The minimum Gasteiger partial charge on any atom is -0.304 e. The summed E-state index contributed by atoms with van der Waals surface area (Å²) in [5.41, 5.74) is 0.896. The number of hydrogen-bond acceptors (Lipinski definition) is 3. The number of amides is 1. The van der Waals surface area contributed by atoms with Crippen molar-refractivity contribution < 1.29 is 4.79 Å². The van der Waals surface area contributed by atoms with Gasteiger partial charge in [-0.2, -0.15) is 0 Å². The van der Waals surface area contributed by atoms with Crippen LogP contribution in [0.4, 0.5) is 5.69 Å². The van der Waals surface area contributed by atoms with Crippen molar-refractivity contribution in [3.05, 3.63) is 42.5 Å². The maximum Gasteiger partial charge on any atom is 0.236 e. The minimum atomic E-state index is 0.0222. The predicted octanol–water partition coefficient (Wildman–Crippen LogP) is 2.69. The average molecular weight is 242 g/mol. The first-order valence-electron chi connectivity index (χ1n) is 5.32. The second kappa shape index (κ2) is 4.22. The molecule has 1 N–H and O–H groups in total. The molecule has 1 fully saturated rings. The fraction of sp³-hybridized carbons (Fsp3) is 0.0769. The Morgan fingerprint density at radius 1 is 1.12 bits per heavy atom. The maximum atomic E-state index is 11.1. The molecule has 0 bridgehead atoms. The summed E-state index contributed by atoms with van der Waals surface area (Å²) in [4.78, 5) is 15.6. The molecule has 0 atom stereocenters. The summed E-state index contributed by atoms with van der Waals surface area (Å²) in [5.74, 6) is 0.484. The molecule has 3 rings (SSSR count). The number of carbonyl (C=O) groups excluding carboxylic acids is 1. The highest BCUT2D eigenvalue weighted by atomic mass is 32.2. The van der Waals surface area contributed by atoms with Crippen molar-refractivity contribution in [2.75, 3.05) is 5.75 Å². The van der Waals surface area contributed by atoms with Crippen LogP contribution in [0.5, 0.6) is 0 Å². The van der Waals surface area contributed by atoms with Crippen LogP contribution in [0.25, 0.3) is 10.8 Å². The van der Waals surface area contributed by atoms with E-state index in [2.05, 4.69) is 22.4 Å². The Bertz CT molecular complexity index is 616. The zero-order chi connectivity index (χ0) is 11.7. The maximum absolute atomic E-state index is 11.1. The van der Waals surface area contributed by atoms with E-state index in [1.54, 1.807) is 0 Å². The van der Waals surface area contributed by atoms with Crippen LogP contribution < -0.4 is 5.32 Å². The number of amidine groups is 1. The number of fused-ring (bicyclic) bond motifs is 1. The van der Waals surface area contributed by atoms with Crippen LogP contribution in [-0.2, 0) is 4.79 Å². The van der Waals surface area contributed by atoms with Gasteiger partial charge in [-0.25, -0.2) is 4.99 Å². The van der Waals surface area contributed by atoms with Gasteiger partial charge in [0.2, 0.25) is 5.91 Å². The molecule has 0 aromatic heterocycles. The lowest BCUT2D eigenvalue weighted by molar-refractivity contribution is -0.116. The average Bonchev–Trinajstić information content (AvgIpc) is 2.75. The van der Waals surface area contributed by atoms with E-state index < -0.39 is 0 Å². The number of aliphatic imine (C=N–C) groups is 1. The fourth-order valence-electron chi connectivity index (χ4n) is 1.80. The number of carbonyl (C=O) groups is 1. The van der Waals surface area contributed by atoms with E-state index in [-0.39, 0.29) is 5.91 Å². The van der Waals surface area contributed by atoms with Crippen LogP contribution in [0.2, 0.25) is 0 Å². The highest BCUT2D eigenvalue weighted by molar-refractivity contribution is 8.15. The minimum absolute atomic E-state index is 0.0222. The molecule has 84 valence electrons. The molecule has 1 amide bonds. The van der Waals surface area contributed by atoms with Crippen molar-refractivity contribution in [3.8, 4) is 0 Å². The molecule has 0 saturated carbocycles. The SMILES string of the molecule is O=C1CSC(=Nc2cccc3ccccc23)N1. The number of benzene rings is 2. The van der Waals surface area contributed by atoms with Gasteiger partial charge in [0.1, 0.15) is 0 Å². The van der Waals surface area contributed by atoms with E-state index in [0.717, 1.165) is 16.5 Å². The van der Waals surface area contributed by atoms with Crippen LogP contribution in [-0.4, -0.2) is 16.8 Å². The molecule has 1 aliphatic heterocycles. The number of rotatable bonds is 1. The van der Waals surface area contributed by atoms with Crippen LogP contribution >= 0.6 is 11.8 Å². The van der Waals surface area contributed by atoms with Gasteiger partial charge in [-0.05, 0) is 11.5 Å².